The number of nitriles is 1. The van der Waals surface area contributed by atoms with E-state index < -0.39 is 5.97 Å². The van der Waals surface area contributed by atoms with E-state index in [2.05, 4.69) is 5.32 Å². The van der Waals surface area contributed by atoms with Gasteiger partial charge in [-0.2, -0.15) is 5.26 Å². The van der Waals surface area contributed by atoms with Crippen molar-refractivity contribution >= 4 is 40.7 Å². The molecule has 0 unspecified atom stereocenters. The van der Waals surface area contributed by atoms with Gasteiger partial charge in [-0.3, -0.25) is 4.79 Å². The van der Waals surface area contributed by atoms with Crippen LogP contribution in [0.2, 0.25) is 0 Å². The number of rotatable bonds is 5. The van der Waals surface area contributed by atoms with Gasteiger partial charge in [0.2, 0.25) is 5.91 Å². The Morgan fingerprint density at radius 1 is 1.33 bits per heavy atom. The molecule has 0 aliphatic heterocycles. The molecule has 0 fully saturated rings. The van der Waals surface area contributed by atoms with Gasteiger partial charge < -0.3 is 10.4 Å². The van der Waals surface area contributed by atoms with Crippen molar-refractivity contribution in [1.29, 1.82) is 5.26 Å². The van der Waals surface area contributed by atoms with Crippen molar-refractivity contribution in [2.75, 3.05) is 11.1 Å². The van der Waals surface area contributed by atoms with E-state index in [1.54, 1.807) is 35.7 Å². The molecule has 7 heteroatoms. The van der Waals surface area contributed by atoms with Crippen molar-refractivity contribution in [3.63, 3.8) is 0 Å². The highest BCUT2D eigenvalue weighted by atomic mass is 32.2. The van der Waals surface area contributed by atoms with Gasteiger partial charge >= 0.3 is 5.97 Å². The molecule has 106 valence electrons. The Bertz CT molecular complexity index is 702. The van der Waals surface area contributed by atoms with Crippen LogP contribution in [0.25, 0.3) is 0 Å². The maximum atomic E-state index is 11.8. The number of carboxylic acid groups (broad SMARTS) is 1. The molecule has 1 aromatic carbocycles. The molecular weight excluding hydrogens is 308 g/mol. The van der Waals surface area contributed by atoms with E-state index in [0.29, 0.717) is 11.3 Å². The lowest BCUT2D eigenvalue weighted by atomic mass is 10.2. The molecule has 0 saturated carbocycles. The number of hydrogen-bond donors (Lipinski definition) is 2. The van der Waals surface area contributed by atoms with Crippen LogP contribution in [-0.4, -0.2) is 22.7 Å². The van der Waals surface area contributed by atoms with Crippen molar-refractivity contribution in [3.05, 3.63) is 46.2 Å². The van der Waals surface area contributed by atoms with Crippen LogP contribution in [0.15, 0.2) is 40.6 Å². The normalized spacial score (nSPS) is 9.86. The predicted molar refractivity (Wildman–Crippen MR) is 81.8 cm³/mol. The lowest BCUT2D eigenvalue weighted by Gasteiger charge is -2.04. The van der Waals surface area contributed by atoms with Crippen molar-refractivity contribution in [2.45, 2.75) is 4.90 Å². The second kappa shape index (κ2) is 6.92. The Balaban J connectivity index is 1.86. The molecule has 2 rings (SSSR count). The van der Waals surface area contributed by atoms with Crippen LogP contribution in [0.4, 0.5) is 5.69 Å². The summed E-state index contributed by atoms with van der Waals surface area (Å²) in [5.74, 6) is -0.961. The van der Waals surface area contributed by atoms with Crippen LogP contribution >= 0.6 is 23.1 Å². The van der Waals surface area contributed by atoms with Gasteiger partial charge in [0.25, 0.3) is 0 Å². The summed E-state index contributed by atoms with van der Waals surface area (Å²) in [6.45, 7) is 0. The lowest BCUT2D eigenvalue weighted by molar-refractivity contribution is -0.113. The van der Waals surface area contributed by atoms with Crippen LogP contribution in [0.1, 0.15) is 15.2 Å². The van der Waals surface area contributed by atoms with Crippen LogP contribution in [0, 0.1) is 11.3 Å². The van der Waals surface area contributed by atoms with E-state index in [1.807, 2.05) is 6.07 Å². The molecule has 5 nitrogen and oxygen atoms in total. The van der Waals surface area contributed by atoms with E-state index in [9.17, 15) is 9.59 Å². The highest BCUT2D eigenvalue weighted by Crippen LogP contribution is 2.25. The molecule has 2 N–H and O–H groups in total. The summed E-state index contributed by atoms with van der Waals surface area (Å²) in [6, 6.07) is 10.1. The number of amides is 1. The monoisotopic (exact) mass is 318 g/mol. The first-order valence-electron chi connectivity index (χ1n) is 5.83. The summed E-state index contributed by atoms with van der Waals surface area (Å²) >= 11 is 2.41. The molecule has 0 aliphatic rings. The minimum atomic E-state index is -0.964. The standard InChI is InChI=1S/C14H10N2O3S2/c15-6-9-1-3-10(4-2-9)16-13(17)8-20-11-5-12(14(18)19)21-7-11/h1-5,7H,8H2,(H,16,17)(H,18,19). The number of benzene rings is 1. The zero-order chi connectivity index (χ0) is 15.2. The number of carboxylic acids is 1. The molecule has 0 aliphatic carbocycles. The summed E-state index contributed by atoms with van der Waals surface area (Å²) < 4.78 is 0. The van der Waals surface area contributed by atoms with E-state index in [0.717, 1.165) is 16.2 Å². The van der Waals surface area contributed by atoms with E-state index >= 15 is 0 Å². The van der Waals surface area contributed by atoms with Gasteiger partial charge in [0.15, 0.2) is 0 Å². The number of carbonyl (C=O) groups excluding carboxylic acids is 1. The molecule has 0 bridgehead atoms. The maximum Gasteiger partial charge on any atom is 0.345 e. The summed E-state index contributed by atoms with van der Waals surface area (Å²) in [5, 5.41) is 21.9. The SMILES string of the molecule is N#Cc1ccc(NC(=O)CSc2csc(C(=O)O)c2)cc1. The molecule has 0 saturated heterocycles. The third-order valence-corrected chi connectivity index (χ3v) is 4.50. The quantitative estimate of drug-likeness (QED) is 0.827. The highest BCUT2D eigenvalue weighted by molar-refractivity contribution is 8.00. The van der Waals surface area contributed by atoms with E-state index in [1.165, 1.54) is 11.8 Å². The fraction of sp³-hybridized carbons (Fsp3) is 0.0714. The van der Waals surface area contributed by atoms with Crippen molar-refractivity contribution in [1.82, 2.24) is 0 Å². The second-order valence-corrected chi connectivity index (χ2v) is 5.94. The number of thiophene rings is 1. The molecule has 0 radical (unpaired) electrons. The average Bonchev–Trinajstić information content (AvgIpc) is 2.95. The zero-order valence-electron chi connectivity index (χ0n) is 10.7. The zero-order valence-corrected chi connectivity index (χ0v) is 12.3. The molecule has 0 spiro atoms. The molecule has 1 amide bonds. The molecule has 1 aromatic heterocycles. The minimum Gasteiger partial charge on any atom is -0.477 e. The smallest absolute Gasteiger partial charge is 0.345 e. The van der Waals surface area contributed by atoms with Crippen LogP contribution in [0.5, 0.6) is 0 Å². The Hall–Kier alpha value is -2.30. The first kappa shape index (κ1) is 15.1. The molecule has 21 heavy (non-hydrogen) atoms. The fourth-order valence-electron chi connectivity index (χ4n) is 1.48. The van der Waals surface area contributed by atoms with Crippen LogP contribution in [-0.2, 0) is 4.79 Å². The Morgan fingerprint density at radius 3 is 2.62 bits per heavy atom. The average molecular weight is 318 g/mol. The second-order valence-electron chi connectivity index (χ2n) is 3.98. The van der Waals surface area contributed by atoms with Gasteiger partial charge in [-0.15, -0.1) is 23.1 Å². The van der Waals surface area contributed by atoms with Crippen LogP contribution in [0.3, 0.4) is 0 Å². The number of nitrogens with one attached hydrogen (secondary N) is 1. The van der Waals surface area contributed by atoms with Gasteiger partial charge in [-0.05, 0) is 30.3 Å². The lowest BCUT2D eigenvalue weighted by Crippen LogP contribution is -2.13. The van der Waals surface area contributed by atoms with Gasteiger partial charge in [0.1, 0.15) is 4.88 Å². The largest absolute Gasteiger partial charge is 0.477 e. The number of carbonyl (C=O) groups is 2. The summed E-state index contributed by atoms with van der Waals surface area (Å²) in [6.07, 6.45) is 0. The van der Waals surface area contributed by atoms with Crippen molar-refractivity contribution < 1.29 is 14.7 Å². The van der Waals surface area contributed by atoms with Gasteiger partial charge in [0, 0.05) is 16.0 Å². The number of aromatic carboxylic acids is 1. The number of nitrogens with zero attached hydrogens (tertiary/aromatic N) is 1. The maximum absolute atomic E-state index is 11.8. The minimum absolute atomic E-state index is 0.187. The van der Waals surface area contributed by atoms with Crippen molar-refractivity contribution in [2.24, 2.45) is 0 Å². The Labute approximate surface area is 129 Å². The number of thioether (sulfide) groups is 1. The Morgan fingerprint density at radius 2 is 2.05 bits per heavy atom. The third kappa shape index (κ3) is 4.34. The molecule has 1 heterocycles. The van der Waals surface area contributed by atoms with Crippen molar-refractivity contribution in [3.8, 4) is 6.07 Å². The third-order valence-electron chi connectivity index (χ3n) is 2.45. The van der Waals surface area contributed by atoms with Gasteiger partial charge in [0.05, 0.1) is 17.4 Å². The number of anilines is 1. The van der Waals surface area contributed by atoms with Crippen LogP contribution < -0.4 is 5.32 Å². The molecule has 0 atom stereocenters. The molecular formula is C14H10N2O3S2. The first-order chi connectivity index (χ1) is 10.1. The predicted octanol–water partition coefficient (Wildman–Crippen LogP) is 3.05. The topological polar surface area (TPSA) is 90.2 Å². The summed E-state index contributed by atoms with van der Waals surface area (Å²) in [7, 11) is 0. The number of hydrogen-bond acceptors (Lipinski definition) is 5. The summed E-state index contributed by atoms with van der Waals surface area (Å²) in [4.78, 5) is 23.5. The summed E-state index contributed by atoms with van der Waals surface area (Å²) in [5.41, 5.74) is 1.15. The highest BCUT2D eigenvalue weighted by Gasteiger charge is 2.09. The van der Waals surface area contributed by atoms with Gasteiger partial charge in [-0.25, -0.2) is 4.79 Å². The van der Waals surface area contributed by atoms with E-state index in [-0.39, 0.29) is 16.5 Å². The molecule has 2 aromatic rings. The first-order valence-corrected chi connectivity index (χ1v) is 7.69. The Kier molecular flexibility index (Phi) is 4.98. The van der Waals surface area contributed by atoms with Gasteiger partial charge in [-0.1, -0.05) is 0 Å². The fourth-order valence-corrected chi connectivity index (χ4v) is 3.15. The van der Waals surface area contributed by atoms with E-state index in [4.69, 9.17) is 10.4 Å².